The van der Waals surface area contributed by atoms with Crippen LogP contribution in [0, 0.1) is 23.1 Å². The number of nitrogens with two attached hydrogens (primary N) is 1. The Kier molecular flexibility index (Phi) is 5.58. The first kappa shape index (κ1) is 21.5. The zero-order valence-corrected chi connectivity index (χ0v) is 17.6. The standard InChI is InChI=1S/C23H23FN4O2.ClH/c24-16-5-2-1-4-15(16)12-28-22(29)18-17-6-3-11-27(17)20(19(18)23(28)30)13-7-9-14(10-8-13)21(25)26;/h1-2,4-5,7-10,17-20H,3,6,11-12H2,(H3,25,26);1H/t17?,18?,19?,20-;/m0./s1. The summed E-state index contributed by atoms with van der Waals surface area (Å²) in [5.41, 5.74) is 7.50. The van der Waals surface area contributed by atoms with Crippen molar-refractivity contribution in [1.82, 2.24) is 9.80 Å². The molecule has 3 unspecified atom stereocenters. The normalized spacial score (nSPS) is 27.2. The number of rotatable bonds is 4. The number of hydrogen-bond donors (Lipinski definition) is 2. The summed E-state index contributed by atoms with van der Waals surface area (Å²) in [5, 5.41) is 7.59. The Hall–Kier alpha value is -2.77. The monoisotopic (exact) mass is 442 g/mol. The highest BCUT2D eigenvalue weighted by atomic mass is 35.5. The smallest absolute Gasteiger partial charge is 0.235 e. The fourth-order valence-electron chi connectivity index (χ4n) is 5.47. The first-order valence-electron chi connectivity index (χ1n) is 10.3. The molecule has 6 nitrogen and oxygen atoms in total. The summed E-state index contributed by atoms with van der Waals surface area (Å²) in [4.78, 5) is 30.2. The highest BCUT2D eigenvalue weighted by Crippen LogP contribution is 2.53. The first-order valence-corrected chi connectivity index (χ1v) is 10.3. The van der Waals surface area contributed by atoms with E-state index in [1.807, 2.05) is 12.1 Å². The van der Waals surface area contributed by atoms with E-state index in [2.05, 4.69) is 4.90 Å². The van der Waals surface area contributed by atoms with Gasteiger partial charge in [-0.2, -0.15) is 0 Å². The summed E-state index contributed by atoms with van der Waals surface area (Å²) in [6.45, 7) is 0.824. The van der Waals surface area contributed by atoms with Gasteiger partial charge in [-0.1, -0.05) is 42.5 Å². The number of nitrogen functional groups attached to an aromatic ring is 1. The van der Waals surface area contributed by atoms with Gasteiger partial charge in [0, 0.05) is 23.2 Å². The molecule has 3 heterocycles. The molecule has 2 amide bonds. The number of hydrogen-bond acceptors (Lipinski definition) is 4. The van der Waals surface area contributed by atoms with Crippen LogP contribution in [0.3, 0.4) is 0 Å². The maximum absolute atomic E-state index is 14.2. The van der Waals surface area contributed by atoms with Crippen LogP contribution in [0.1, 0.15) is 35.6 Å². The highest BCUT2D eigenvalue weighted by molar-refractivity contribution is 6.06. The molecule has 0 radical (unpaired) electrons. The van der Waals surface area contributed by atoms with Crippen molar-refractivity contribution in [1.29, 1.82) is 5.41 Å². The number of amidine groups is 1. The van der Waals surface area contributed by atoms with E-state index in [1.165, 1.54) is 11.0 Å². The van der Waals surface area contributed by atoms with Crippen LogP contribution in [0.25, 0.3) is 0 Å². The first-order chi connectivity index (χ1) is 14.5. The molecule has 3 aliphatic rings. The molecule has 2 aromatic rings. The van der Waals surface area contributed by atoms with Gasteiger partial charge in [-0.3, -0.25) is 24.8 Å². The molecular weight excluding hydrogens is 419 g/mol. The van der Waals surface area contributed by atoms with E-state index in [0.717, 1.165) is 24.9 Å². The quantitative estimate of drug-likeness (QED) is 0.433. The number of fused-ring (bicyclic) bond motifs is 3. The summed E-state index contributed by atoms with van der Waals surface area (Å²) in [5.74, 6) is -1.67. The SMILES string of the molecule is Cl.N=C(N)c1ccc([C@H]2C3C(=O)N(Cc4ccccc4F)C(=O)C3C3CCCN32)cc1. The summed E-state index contributed by atoms with van der Waals surface area (Å²) >= 11 is 0. The van der Waals surface area contributed by atoms with Crippen LogP contribution >= 0.6 is 12.4 Å². The molecule has 8 heteroatoms. The second-order valence-corrected chi connectivity index (χ2v) is 8.33. The van der Waals surface area contributed by atoms with Crippen LogP contribution in [-0.4, -0.2) is 40.0 Å². The Bertz CT molecular complexity index is 1040. The molecule has 3 aliphatic heterocycles. The van der Waals surface area contributed by atoms with Crippen molar-refractivity contribution >= 4 is 30.1 Å². The minimum atomic E-state index is -0.460. The lowest BCUT2D eigenvalue weighted by atomic mass is 9.85. The molecule has 4 atom stereocenters. The number of benzene rings is 2. The number of likely N-dealkylation sites (tertiary alicyclic amines) is 1. The van der Waals surface area contributed by atoms with E-state index >= 15 is 0 Å². The molecule has 0 aromatic heterocycles. The van der Waals surface area contributed by atoms with Crippen molar-refractivity contribution in [3.63, 3.8) is 0 Å². The van der Waals surface area contributed by atoms with Crippen LogP contribution in [0.15, 0.2) is 48.5 Å². The van der Waals surface area contributed by atoms with Gasteiger partial charge in [-0.15, -0.1) is 12.4 Å². The minimum Gasteiger partial charge on any atom is -0.384 e. The molecule has 3 N–H and O–H groups in total. The van der Waals surface area contributed by atoms with Crippen molar-refractivity contribution in [2.24, 2.45) is 17.6 Å². The zero-order chi connectivity index (χ0) is 21.0. The fourth-order valence-corrected chi connectivity index (χ4v) is 5.47. The average Bonchev–Trinajstić information content (AvgIpc) is 3.38. The molecule has 0 spiro atoms. The largest absolute Gasteiger partial charge is 0.384 e. The summed E-state index contributed by atoms with van der Waals surface area (Å²) in [7, 11) is 0. The van der Waals surface area contributed by atoms with E-state index in [9.17, 15) is 14.0 Å². The average molecular weight is 443 g/mol. The van der Waals surface area contributed by atoms with E-state index in [0.29, 0.717) is 11.1 Å². The predicted octanol–water partition coefficient (Wildman–Crippen LogP) is 2.85. The lowest BCUT2D eigenvalue weighted by molar-refractivity contribution is -0.142. The molecule has 2 aromatic carbocycles. The third kappa shape index (κ3) is 3.32. The highest BCUT2D eigenvalue weighted by Gasteiger charge is 2.62. The number of imide groups is 1. The predicted molar refractivity (Wildman–Crippen MR) is 116 cm³/mol. The molecule has 3 saturated heterocycles. The van der Waals surface area contributed by atoms with Gasteiger partial charge in [0.1, 0.15) is 11.7 Å². The number of carbonyl (C=O) groups is 2. The van der Waals surface area contributed by atoms with E-state index < -0.39 is 11.7 Å². The lowest BCUT2D eigenvalue weighted by Gasteiger charge is -2.29. The Labute approximate surface area is 186 Å². The Morgan fingerprint density at radius 2 is 1.74 bits per heavy atom. The fraction of sp³-hybridized carbons (Fsp3) is 0.348. The lowest BCUT2D eigenvalue weighted by Crippen LogP contribution is -2.39. The topological polar surface area (TPSA) is 90.5 Å². The number of nitrogens with zero attached hydrogens (tertiary/aromatic N) is 2. The zero-order valence-electron chi connectivity index (χ0n) is 16.8. The van der Waals surface area contributed by atoms with Crippen LogP contribution in [0.5, 0.6) is 0 Å². The molecule has 3 fully saturated rings. The van der Waals surface area contributed by atoms with Crippen molar-refractivity contribution in [2.75, 3.05) is 6.54 Å². The van der Waals surface area contributed by atoms with Gasteiger partial charge in [-0.05, 0) is 31.0 Å². The van der Waals surface area contributed by atoms with Gasteiger partial charge >= 0.3 is 0 Å². The van der Waals surface area contributed by atoms with Gasteiger partial charge in [0.15, 0.2) is 0 Å². The number of halogens is 2. The van der Waals surface area contributed by atoms with Crippen molar-refractivity contribution in [3.8, 4) is 0 Å². The number of carbonyl (C=O) groups excluding carboxylic acids is 2. The summed E-state index contributed by atoms with van der Waals surface area (Å²) in [6, 6.07) is 13.5. The van der Waals surface area contributed by atoms with Gasteiger partial charge in [0.2, 0.25) is 11.8 Å². The van der Waals surface area contributed by atoms with Crippen molar-refractivity contribution < 1.29 is 14.0 Å². The Balaban J connectivity index is 0.00000231. The van der Waals surface area contributed by atoms with E-state index in [-0.39, 0.29) is 54.6 Å². The van der Waals surface area contributed by atoms with E-state index in [4.69, 9.17) is 11.1 Å². The maximum Gasteiger partial charge on any atom is 0.235 e. The van der Waals surface area contributed by atoms with Crippen LogP contribution in [0.2, 0.25) is 0 Å². The summed E-state index contributed by atoms with van der Waals surface area (Å²) < 4.78 is 14.2. The van der Waals surface area contributed by atoms with Crippen molar-refractivity contribution in [3.05, 3.63) is 71.0 Å². The Morgan fingerprint density at radius 1 is 1.06 bits per heavy atom. The van der Waals surface area contributed by atoms with Gasteiger partial charge in [-0.25, -0.2) is 4.39 Å². The van der Waals surface area contributed by atoms with Crippen molar-refractivity contribution in [2.45, 2.75) is 31.5 Å². The summed E-state index contributed by atoms with van der Waals surface area (Å²) in [6.07, 6.45) is 1.88. The molecule has 0 aliphatic carbocycles. The molecule has 0 saturated carbocycles. The molecule has 5 rings (SSSR count). The van der Waals surface area contributed by atoms with Gasteiger partial charge < -0.3 is 5.73 Å². The Morgan fingerprint density at radius 3 is 2.42 bits per heavy atom. The second-order valence-electron chi connectivity index (χ2n) is 8.33. The molecule has 162 valence electrons. The van der Waals surface area contributed by atoms with Crippen LogP contribution < -0.4 is 5.73 Å². The molecule has 0 bridgehead atoms. The molecule has 31 heavy (non-hydrogen) atoms. The number of amides is 2. The molecular formula is C23H24ClFN4O2. The third-order valence-electron chi connectivity index (χ3n) is 6.79. The van der Waals surface area contributed by atoms with Crippen LogP contribution in [-0.2, 0) is 16.1 Å². The maximum atomic E-state index is 14.2. The van der Waals surface area contributed by atoms with E-state index in [1.54, 1.807) is 30.3 Å². The van der Waals surface area contributed by atoms with Gasteiger partial charge in [0.05, 0.1) is 18.4 Å². The number of nitrogens with one attached hydrogen (secondary N) is 1. The third-order valence-corrected chi connectivity index (χ3v) is 6.79. The second kappa shape index (κ2) is 8.05. The minimum absolute atomic E-state index is 0. The van der Waals surface area contributed by atoms with Gasteiger partial charge in [0.25, 0.3) is 0 Å². The van der Waals surface area contributed by atoms with Crippen LogP contribution in [0.4, 0.5) is 4.39 Å².